The predicted octanol–water partition coefficient (Wildman–Crippen LogP) is 2.70. The van der Waals surface area contributed by atoms with Gasteiger partial charge in [0, 0.05) is 34.6 Å². The van der Waals surface area contributed by atoms with Gasteiger partial charge in [0.05, 0.1) is 0 Å². The standard InChI is InChI=1S/C15H27N5S/c1-9-12(19-16)17-14(15(4,5)6)18-13(9)20-7-8-21-11(3)10(20)2/h10-11H,7-8,16H2,1-6H3,(H,17,18,19). The van der Waals surface area contributed by atoms with E-state index in [1.807, 2.05) is 18.7 Å². The fourth-order valence-corrected chi connectivity index (χ4v) is 3.59. The summed E-state index contributed by atoms with van der Waals surface area (Å²) in [5, 5.41) is 0.598. The zero-order valence-corrected chi connectivity index (χ0v) is 14.7. The van der Waals surface area contributed by atoms with E-state index >= 15 is 0 Å². The van der Waals surface area contributed by atoms with Gasteiger partial charge in [-0.2, -0.15) is 11.8 Å². The molecule has 2 atom stereocenters. The number of rotatable bonds is 2. The van der Waals surface area contributed by atoms with Crippen LogP contribution in [0.3, 0.4) is 0 Å². The highest BCUT2D eigenvalue weighted by Gasteiger charge is 2.30. The first kappa shape index (κ1) is 16.4. The lowest BCUT2D eigenvalue weighted by Gasteiger charge is -2.39. The number of nitrogen functional groups attached to an aromatic ring is 1. The number of aromatic nitrogens is 2. The maximum absolute atomic E-state index is 5.66. The second-order valence-corrected chi connectivity index (χ2v) is 8.23. The SMILES string of the molecule is Cc1c(NN)nc(C(C)(C)C)nc1N1CCSC(C)C1C. The van der Waals surface area contributed by atoms with E-state index in [0.29, 0.717) is 11.3 Å². The van der Waals surface area contributed by atoms with Crippen molar-refractivity contribution in [1.29, 1.82) is 0 Å². The van der Waals surface area contributed by atoms with Crippen LogP contribution >= 0.6 is 11.8 Å². The lowest BCUT2D eigenvalue weighted by atomic mass is 9.95. The summed E-state index contributed by atoms with van der Waals surface area (Å²) in [6.07, 6.45) is 0. The Balaban J connectivity index is 2.51. The van der Waals surface area contributed by atoms with Crippen molar-refractivity contribution in [1.82, 2.24) is 9.97 Å². The summed E-state index contributed by atoms with van der Waals surface area (Å²) in [6, 6.07) is 0.454. The molecule has 0 aliphatic carbocycles. The molecule has 2 heterocycles. The monoisotopic (exact) mass is 309 g/mol. The zero-order chi connectivity index (χ0) is 15.8. The molecule has 1 fully saturated rings. The Bertz CT molecular complexity index is 512. The van der Waals surface area contributed by atoms with Crippen molar-refractivity contribution in [2.75, 3.05) is 22.6 Å². The minimum Gasteiger partial charge on any atom is -0.352 e. The Kier molecular flexibility index (Phi) is 4.68. The Morgan fingerprint density at radius 1 is 1.29 bits per heavy atom. The van der Waals surface area contributed by atoms with E-state index in [9.17, 15) is 0 Å². The zero-order valence-electron chi connectivity index (χ0n) is 13.9. The fraction of sp³-hybridized carbons (Fsp3) is 0.733. The Labute approximate surface area is 132 Å². The minimum atomic E-state index is -0.104. The van der Waals surface area contributed by atoms with Gasteiger partial charge in [-0.1, -0.05) is 27.7 Å². The summed E-state index contributed by atoms with van der Waals surface area (Å²) in [5.41, 5.74) is 3.65. The number of hydrogen-bond acceptors (Lipinski definition) is 6. The molecule has 1 aliphatic heterocycles. The van der Waals surface area contributed by atoms with Crippen molar-refractivity contribution < 1.29 is 0 Å². The molecule has 1 aromatic rings. The van der Waals surface area contributed by atoms with E-state index in [4.69, 9.17) is 10.8 Å². The van der Waals surface area contributed by atoms with E-state index in [2.05, 4.69) is 49.9 Å². The van der Waals surface area contributed by atoms with Crippen molar-refractivity contribution in [2.45, 2.75) is 58.2 Å². The van der Waals surface area contributed by atoms with Crippen molar-refractivity contribution in [3.63, 3.8) is 0 Å². The summed E-state index contributed by atoms with van der Waals surface area (Å²) in [6.45, 7) is 14.0. The van der Waals surface area contributed by atoms with E-state index in [0.717, 1.165) is 35.3 Å². The Morgan fingerprint density at radius 3 is 2.52 bits per heavy atom. The topological polar surface area (TPSA) is 67.1 Å². The first-order valence-corrected chi connectivity index (χ1v) is 8.54. The largest absolute Gasteiger partial charge is 0.352 e. The van der Waals surface area contributed by atoms with Crippen LogP contribution in [0.4, 0.5) is 11.6 Å². The molecule has 0 amide bonds. The summed E-state index contributed by atoms with van der Waals surface area (Å²) in [5.74, 6) is 9.36. The Morgan fingerprint density at radius 2 is 1.95 bits per heavy atom. The average molecular weight is 309 g/mol. The van der Waals surface area contributed by atoms with Crippen LogP contribution in [-0.2, 0) is 5.41 Å². The minimum absolute atomic E-state index is 0.104. The number of thioether (sulfide) groups is 1. The molecule has 1 aliphatic rings. The molecule has 6 heteroatoms. The highest BCUT2D eigenvalue weighted by Crippen LogP contribution is 2.33. The lowest BCUT2D eigenvalue weighted by Crippen LogP contribution is -2.46. The molecule has 3 N–H and O–H groups in total. The van der Waals surface area contributed by atoms with Crippen LogP contribution in [0.15, 0.2) is 0 Å². The highest BCUT2D eigenvalue weighted by atomic mass is 32.2. The molecule has 0 aromatic carbocycles. The van der Waals surface area contributed by atoms with Gasteiger partial charge in [0.1, 0.15) is 17.5 Å². The molecule has 2 unspecified atom stereocenters. The third-order valence-electron chi connectivity index (χ3n) is 4.08. The number of anilines is 2. The number of nitrogens with one attached hydrogen (secondary N) is 1. The number of hydrogen-bond donors (Lipinski definition) is 2. The maximum atomic E-state index is 5.66. The molecular weight excluding hydrogens is 282 g/mol. The van der Waals surface area contributed by atoms with Gasteiger partial charge in [-0.15, -0.1) is 0 Å². The molecule has 21 heavy (non-hydrogen) atoms. The van der Waals surface area contributed by atoms with Gasteiger partial charge in [-0.25, -0.2) is 15.8 Å². The number of hydrazine groups is 1. The van der Waals surface area contributed by atoms with Crippen LogP contribution in [0.5, 0.6) is 0 Å². The van der Waals surface area contributed by atoms with Gasteiger partial charge in [-0.3, -0.25) is 0 Å². The van der Waals surface area contributed by atoms with E-state index in [1.54, 1.807) is 0 Å². The fourth-order valence-electron chi connectivity index (χ4n) is 2.49. The predicted molar refractivity (Wildman–Crippen MR) is 92.0 cm³/mol. The molecule has 118 valence electrons. The molecule has 1 saturated heterocycles. The quantitative estimate of drug-likeness (QED) is 0.647. The van der Waals surface area contributed by atoms with Crippen LogP contribution in [0, 0.1) is 6.92 Å². The van der Waals surface area contributed by atoms with Crippen LogP contribution in [0.2, 0.25) is 0 Å². The molecule has 0 radical (unpaired) electrons. The third kappa shape index (κ3) is 3.26. The second kappa shape index (κ2) is 6.01. The molecule has 0 spiro atoms. The van der Waals surface area contributed by atoms with Crippen LogP contribution in [0.1, 0.15) is 46.0 Å². The molecular formula is C15H27N5S. The van der Waals surface area contributed by atoms with Gasteiger partial charge in [0.15, 0.2) is 0 Å². The van der Waals surface area contributed by atoms with Crippen LogP contribution < -0.4 is 16.2 Å². The van der Waals surface area contributed by atoms with Crippen molar-refractivity contribution in [2.24, 2.45) is 5.84 Å². The highest BCUT2D eigenvalue weighted by molar-refractivity contribution is 8.00. The summed E-state index contributed by atoms with van der Waals surface area (Å²) < 4.78 is 0. The lowest BCUT2D eigenvalue weighted by molar-refractivity contribution is 0.539. The summed E-state index contributed by atoms with van der Waals surface area (Å²) in [7, 11) is 0. The van der Waals surface area contributed by atoms with Gasteiger partial charge < -0.3 is 10.3 Å². The van der Waals surface area contributed by atoms with E-state index in [1.165, 1.54) is 0 Å². The van der Waals surface area contributed by atoms with Crippen LogP contribution in [0.25, 0.3) is 0 Å². The van der Waals surface area contributed by atoms with Gasteiger partial charge >= 0.3 is 0 Å². The average Bonchev–Trinajstić information content (AvgIpc) is 2.41. The first-order chi connectivity index (χ1) is 9.75. The van der Waals surface area contributed by atoms with Crippen molar-refractivity contribution in [3.05, 3.63) is 11.4 Å². The van der Waals surface area contributed by atoms with Crippen molar-refractivity contribution >= 4 is 23.4 Å². The second-order valence-electron chi connectivity index (χ2n) is 6.75. The van der Waals surface area contributed by atoms with Crippen LogP contribution in [-0.4, -0.2) is 33.6 Å². The van der Waals surface area contributed by atoms with E-state index in [-0.39, 0.29) is 5.41 Å². The van der Waals surface area contributed by atoms with Gasteiger partial charge in [0.2, 0.25) is 0 Å². The third-order valence-corrected chi connectivity index (χ3v) is 5.42. The molecule has 2 rings (SSSR count). The first-order valence-electron chi connectivity index (χ1n) is 7.49. The van der Waals surface area contributed by atoms with E-state index < -0.39 is 0 Å². The number of nitrogens with zero attached hydrogens (tertiary/aromatic N) is 3. The number of nitrogens with two attached hydrogens (primary N) is 1. The normalized spacial score (nSPS) is 23.3. The molecule has 1 aromatic heterocycles. The van der Waals surface area contributed by atoms with Gasteiger partial charge in [-0.05, 0) is 13.8 Å². The summed E-state index contributed by atoms with van der Waals surface area (Å²) in [4.78, 5) is 11.9. The summed E-state index contributed by atoms with van der Waals surface area (Å²) >= 11 is 2.02. The Hall–Kier alpha value is -1.01. The smallest absolute Gasteiger partial charge is 0.148 e. The van der Waals surface area contributed by atoms with Crippen molar-refractivity contribution in [3.8, 4) is 0 Å². The molecule has 0 bridgehead atoms. The molecule has 5 nitrogen and oxygen atoms in total. The molecule has 0 saturated carbocycles. The maximum Gasteiger partial charge on any atom is 0.148 e. The van der Waals surface area contributed by atoms with Gasteiger partial charge in [0.25, 0.3) is 0 Å².